The SMILES string of the molecule is C1CC2C(NCC3CC3)CCN2C1. The smallest absolute Gasteiger partial charge is 0.0250 e. The van der Waals surface area contributed by atoms with Gasteiger partial charge in [-0.3, -0.25) is 4.90 Å². The number of nitrogens with zero attached hydrogens (tertiary/aromatic N) is 1. The van der Waals surface area contributed by atoms with Gasteiger partial charge in [0.05, 0.1) is 0 Å². The van der Waals surface area contributed by atoms with Crippen LogP contribution >= 0.6 is 0 Å². The van der Waals surface area contributed by atoms with Crippen LogP contribution in [-0.2, 0) is 0 Å². The normalized spacial score (nSPS) is 39.7. The van der Waals surface area contributed by atoms with Gasteiger partial charge < -0.3 is 5.32 Å². The van der Waals surface area contributed by atoms with Gasteiger partial charge in [0.15, 0.2) is 0 Å². The minimum absolute atomic E-state index is 0.836. The lowest BCUT2D eigenvalue weighted by Gasteiger charge is -2.21. The Morgan fingerprint density at radius 2 is 2.00 bits per heavy atom. The molecule has 3 aliphatic rings. The second-order valence-electron chi connectivity index (χ2n) is 4.99. The van der Waals surface area contributed by atoms with Crippen molar-refractivity contribution in [2.75, 3.05) is 19.6 Å². The quantitative estimate of drug-likeness (QED) is 0.702. The van der Waals surface area contributed by atoms with Gasteiger partial charge in [-0.2, -0.15) is 0 Å². The van der Waals surface area contributed by atoms with Crippen LogP contribution in [0.15, 0.2) is 0 Å². The molecule has 0 radical (unpaired) electrons. The minimum atomic E-state index is 0.836. The van der Waals surface area contributed by atoms with Gasteiger partial charge in [-0.15, -0.1) is 0 Å². The van der Waals surface area contributed by atoms with E-state index in [0.717, 1.165) is 18.0 Å². The Morgan fingerprint density at radius 3 is 2.85 bits per heavy atom. The van der Waals surface area contributed by atoms with E-state index >= 15 is 0 Å². The lowest BCUT2D eigenvalue weighted by atomic mass is 10.1. The predicted octanol–water partition coefficient (Wildman–Crippen LogP) is 1.22. The molecule has 2 heterocycles. The molecule has 3 fully saturated rings. The predicted molar refractivity (Wildman–Crippen MR) is 53.7 cm³/mol. The molecule has 0 aromatic heterocycles. The second kappa shape index (κ2) is 3.25. The monoisotopic (exact) mass is 180 g/mol. The van der Waals surface area contributed by atoms with Crippen LogP contribution in [0.5, 0.6) is 0 Å². The highest BCUT2D eigenvalue weighted by molar-refractivity contribution is 4.96. The average Bonchev–Trinajstić information content (AvgIpc) is 2.72. The molecule has 74 valence electrons. The average molecular weight is 180 g/mol. The van der Waals surface area contributed by atoms with Crippen molar-refractivity contribution in [3.05, 3.63) is 0 Å². The molecule has 1 saturated carbocycles. The summed E-state index contributed by atoms with van der Waals surface area (Å²) in [5.41, 5.74) is 0. The Balaban J connectivity index is 1.52. The zero-order chi connectivity index (χ0) is 8.67. The molecule has 0 amide bonds. The molecule has 0 spiro atoms. The van der Waals surface area contributed by atoms with Gasteiger partial charge in [-0.25, -0.2) is 0 Å². The van der Waals surface area contributed by atoms with Crippen molar-refractivity contribution in [3.8, 4) is 0 Å². The van der Waals surface area contributed by atoms with E-state index in [4.69, 9.17) is 0 Å². The van der Waals surface area contributed by atoms with Crippen molar-refractivity contribution in [1.29, 1.82) is 0 Å². The first-order valence-electron chi connectivity index (χ1n) is 5.91. The van der Waals surface area contributed by atoms with Gasteiger partial charge in [0.2, 0.25) is 0 Å². The highest BCUT2D eigenvalue weighted by atomic mass is 15.2. The first kappa shape index (κ1) is 8.25. The molecule has 0 aromatic carbocycles. The first-order chi connectivity index (χ1) is 6.43. The maximum absolute atomic E-state index is 3.77. The number of nitrogens with one attached hydrogen (secondary N) is 1. The summed E-state index contributed by atoms with van der Waals surface area (Å²) in [5, 5.41) is 3.77. The molecule has 0 aromatic rings. The van der Waals surface area contributed by atoms with Crippen molar-refractivity contribution >= 4 is 0 Å². The zero-order valence-electron chi connectivity index (χ0n) is 8.34. The van der Waals surface area contributed by atoms with Crippen LogP contribution in [0, 0.1) is 5.92 Å². The fourth-order valence-corrected chi connectivity index (χ4v) is 2.96. The van der Waals surface area contributed by atoms with Crippen molar-refractivity contribution < 1.29 is 0 Å². The molecule has 1 N–H and O–H groups in total. The zero-order valence-corrected chi connectivity index (χ0v) is 8.34. The van der Waals surface area contributed by atoms with Crippen LogP contribution in [0.4, 0.5) is 0 Å². The van der Waals surface area contributed by atoms with E-state index < -0.39 is 0 Å². The van der Waals surface area contributed by atoms with Gasteiger partial charge in [0, 0.05) is 18.6 Å². The summed E-state index contributed by atoms with van der Waals surface area (Å²) in [6, 6.07) is 1.74. The molecule has 2 heteroatoms. The van der Waals surface area contributed by atoms with E-state index in [1.165, 1.54) is 51.7 Å². The van der Waals surface area contributed by atoms with E-state index in [0.29, 0.717) is 0 Å². The molecular formula is C11H20N2. The molecule has 2 nitrogen and oxygen atoms in total. The number of hydrogen-bond acceptors (Lipinski definition) is 2. The van der Waals surface area contributed by atoms with E-state index in [1.54, 1.807) is 0 Å². The highest BCUT2D eigenvalue weighted by Gasteiger charge is 2.37. The third-order valence-corrected chi connectivity index (χ3v) is 3.97. The summed E-state index contributed by atoms with van der Waals surface area (Å²) in [7, 11) is 0. The lowest BCUT2D eigenvalue weighted by molar-refractivity contribution is 0.298. The Kier molecular flexibility index (Phi) is 2.06. The molecule has 2 aliphatic heterocycles. The van der Waals surface area contributed by atoms with Crippen molar-refractivity contribution in [2.24, 2.45) is 5.92 Å². The van der Waals surface area contributed by atoms with Crippen LogP contribution < -0.4 is 5.32 Å². The summed E-state index contributed by atoms with van der Waals surface area (Å²) in [6.45, 7) is 4.02. The molecular weight excluding hydrogens is 160 g/mol. The maximum Gasteiger partial charge on any atom is 0.0250 e. The highest BCUT2D eigenvalue weighted by Crippen LogP contribution is 2.31. The molecule has 13 heavy (non-hydrogen) atoms. The van der Waals surface area contributed by atoms with E-state index in [2.05, 4.69) is 10.2 Å². The Labute approximate surface area is 80.7 Å². The summed E-state index contributed by atoms with van der Waals surface area (Å²) in [4.78, 5) is 2.69. The number of hydrogen-bond donors (Lipinski definition) is 1. The van der Waals surface area contributed by atoms with Gasteiger partial charge in [0.1, 0.15) is 0 Å². The second-order valence-corrected chi connectivity index (χ2v) is 4.99. The van der Waals surface area contributed by atoms with Crippen LogP contribution in [0.1, 0.15) is 32.1 Å². The van der Waals surface area contributed by atoms with Crippen LogP contribution in [0.3, 0.4) is 0 Å². The third-order valence-electron chi connectivity index (χ3n) is 3.97. The minimum Gasteiger partial charge on any atom is -0.312 e. The number of rotatable bonds is 3. The lowest BCUT2D eigenvalue weighted by Crippen LogP contribution is -2.39. The molecule has 0 bridgehead atoms. The van der Waals surface area contributed by atoms with Crippen molar-refractivity contribution in [1.82, 2.24) is 10.2 Å². The fourth-order valence-electron chi connectivity index (χ4n) is 2.96. The van der Waals surface area contributed by atoms with Gasteiger partial charge in [0.25, 0.3) is 0 Å². The van der Waals surface area contributed by atoms with Gasteiger partial charge in [-0.1, -0.05) is 0 Å². The summed E-state index contributed by atoms with van der Waals surface area (Å²) >= 11 is 0. The van der Waals surface area contributed by atoms with Gasteiger partial charge >= 0.3 is 0 Å². The van der Waals surface area contributed by atoms with Crippen molar-refractivity contribution in [2.45, 2.75) is 44.2 Å². The number of fused-ring (bicyclic) bond motifs is 1. The maximum atomic E-state index is 3.77. The van der Waals surface area contributed by atoms with Gasteiger partial charge in [-0.05, 0) is 51.1 Å². The standard InChI is InChI=1S/C11H20N2/c1-2-11-10(5-7-13(11)6-1)12-8-9-3-4-9/h9-12H,1-8H2. The van der Waals surface area contributed by atoms with E-state index in [1.807, 2.05) is 0 Å². The molecule has 1 aliphatic carbocycles. The Bertz CT molecular complexity index is 189. The van der Waals surface area contributed by atoms with Crippen LogP contribution in [-0.4, -0.2) is 36.6 Å². The third kappa shape index (κ3) is 1.62. The van der Waals surface area contributed by atoms with Crippen LogP contribution in [0.25, 0.3) is 0 Å². The fraction of sp³-hybridized carbons (Fsp3) is 1.00. The molecule has 2 unspecified atom stereocenters. The largest absolute Gasteiger partial charge is 0.312 e. The van der Waals surface area contributed by atoms with Crippen molar-refractivity contribution in [3.63, 3.8) is 0 Å². The summed E-state index contributed by atoms with van der Waals surface area (Å²) in [5.74, 6) is 1.04. The van der Waals surface area contributed by atoms with E-state index in [-0.39, 0.29) is 0 Å². The summed E-state index contributed by atoms with van der Waals surface area (Å²) in [6.07, 6.45) is 7.24. The Morgan fingerprint density at radius 1 is 1.08 bits per heavy atom. The summed E-state index contributed by atoms with van der Waals surface area (Å²) < 4.78 is 0. The molecule has 2 atom stereocenters. The Hall–Kier alpha value is -0.0800. The molecule has 3 rings (SSSR count). The molecule has 2 saturated heterocycles. The topological polar surface area (TPSA) is 15.3 Å². The van der Waals surface area contributed by atoms with Crippen LogP contribution in [0.2, 0.25) is 0 Å². The first-order valence-corrected chi connectivity index (χ1v) is 5.91. The van der Waals surface area contributed by atoms with E-state index in [9.17, 15) is 0 Å².